The number of aromatic hydroxyl groups is 1. The summed E-state index contributed by atoms with van der Waals surface area (Å²) in [7, 11) is 0. The molecule has 0 radical (unpaired) electrons. The lowest BCUT2D eigenvalue weighted by Gasteiger charge is -2.36. The third kappa shape index (κ3) is 3.44. The van der Waals surface area contributed by atoms with Crippen LogP contribution in [0.2, 0.25) is 0 Å². The van der Waals surface area contributed by atoms with E-state index in [1.165, 1.54) is 0 Å². The van der Waals surface area contributed by atoms with Crippen molar-refractivity contribution in [3.8, 4) is 5.75 Å². The van der Waals surface area contributed by atoms with Crippen molar-refractivity contribution in [3.63, 3.8) is 0 Å². The molecule has 20 heavy (non-hydrogen) atoms. The number of thioether (sulfide) groups is 2. The number of benzene rings is 1. The minimum atomic E-state index is 0.187. The molecule has 0 spiro atoms. The fourth-order valence-corrected chi connectivity index (χ4v) is 6.26. The number of halogens is 1. The van der Waals surface area contributed by atoms with Crippen LogP contribution in [0.1, 0.15) is 30.9 Å². The molecule has 0 unspecified atom stereocenters. The minimum Gasteiger partial charge on any atom is -0.506 e. The Hall–Kier alpha value is -0.380. The highest BCUT2D eigenvalue weighted by atomic mass is 79.9. The van der Waals surface area contributed by atoms with E-state index in [0.29, 0.717) is 21.5 Å². The molecule has 0 aliphatic carbocycles. The van der Waals surface area contributed by atoms with E-state index in [4.69, 9.17) is 5.39 Å². The molecule has 6 heteroatoms. The van der Waals surface area contributed by atoms with Gasteiger partial charge in [0.2, 0.25) is 5.39 Å². The average molecular weight is 374 g/mol. The van der Waals surface area contributed by atoms with Crippen LogP contribution in [0.4, 0.5) is 5.69 Å². The zero-order chi connectivity index (χ0) is 14.9. The van der Waals surface area contributed by atoms with E-state index in [0.717, 1.165) is 17.1 Å². The second kappa shape index (κ2) is 6.17. The van der Waals surface area contributed by atoms with Crippen molar-refractivity contribution in [2.45, 2.75) is 25.4 Å². The number of diazo groups is 1. The lowest BCUT2D eigenvalue weighted by Crippen LogP contribution is -2.27. The first kappa shape index (κ1) is 16.0. The van der Waals surface area contributed by atoms with Crippen LogP contribution in [-0.4, -0.2) is 16.6 Å². The first-order valence-electron chi connectivity index (χ1n) is 6.43. The molecular formula is C14H18BrN2OS2+. The summed E-state index contributed by atoms with van der Waals surface area (Å²) in [5, 5.41) is 19.1. The number of phenols is 1. The highest BCUT2D eigenvalue weighted by Gasteiger charge is 2.33. The van der Waals surface area contributed by atoms with Crippen molar-refractivity contribution in [2.24, 2.45) is 11.3 Å². The summed E-state index contributed by atoms with van der Waals surface area (Å²) in [4.78, 5) is 3.22. The summed E-state index contributed by atoms with van der Waals surface area (Å²) in [6.07, 6.45) is 0. The molecule has 1 aliphatic rings. The lowest BCUT2D eigenvalue weighted by atomic mass is 9.83. The van der Waals surface area contributed by atoms with E-state index >= 15 is 0 Å². The van der Waals surface area contributed by atoms with Gasteiger partial charge in [-0.2, -0.15) is 0 Å². The van der Waals surface area contributed by atoms with Crippen LogP contribution in [0.25, 0.3) is 4.98 Å². The van der Waals surface area contributed by atoms with Gasteiger partial charge in [0.25, 0.3) is 0 Å². The smallest absolute Gasteiger partial charge is 0.386 e. The Morgan fingerprint density at radius 3 is 2.40 bits per heavy atom. The van der Waals surface area contributed by atoms with Gasteiger partial charge in [-0.1, -0.05) is 20.8 Å². The van der Waals surface area contributed by atoms with Crippen molar-refractivity contribution in [1.29, 1.82) is 5.39 Å². The molecular weight excluding hydrogens is 356 g/mol. The van der Waals surface area contributed by atoms with Gasteiger partial charge in [0, 0.05) is 11.6 Å². The Balaban J connectivity index is 2.19. The highest BCUT2D eigenvalue weighted by molar-refractivity contribution is 9.10. The van der Waals surface area contributed by atoms with Crippen LogP contribution in [0.5, 0.6) is 5.75 Å². The molecule has 1 heterocycles. The Morgan fingerprint density at radius 1 is 1.30 bits per heavy atom. The summed E-state index contributed by atoms with van der Waals surface area (Å²) in [5.74, 6) is 3.08. The summed E-state index contributed by atoms with van der Waals surface area (Å²) in [6, 6.07) is 3.36. The molecule has 2 rings (SSSR count). The lowest BCUT2D eigenvalue weighted by molar-refractivity contribution is 0.292. The van der Waals surface area contributed by atoms with E-state index in [2.05, 4.69) is 41.7 Å². The number of phenolic OH excluding ortho intramolecular Hbond substituents is 1. The molecule has 108 valence electrons. The number of hydrogen-bond donors (Lipinski definition) is 1. The largest absolute Gasteiger partial charge is 0.506 e. The Bertz CT molecular complexity index is 543. The molecule has 1 aromatic carbocycles. The maximum Gasteiger partial charge on any atom is 0.386 e. The molecule has 1 fully saturated rings. The molecule has 0 amide bonds. The molecule has 1 aliphatic heterocycles. The maximum atomic E-state index is 10.2. The van der Waals surface area contributed by atoms with E-state index in [1.54, 1.807) is 12.1 Å². The van der Waals surface area contributed by atoms with E-state index in [9.17, 15) is 5.11 Å². The summed E-state index contributed by atoms with van der Waals surface area (Å²) in [6.45, 7) is 6.83. The number of nitrogens with zero attached hydrogens (tertiary/aromatic N) is 2. The van der Waals surface area contributed by atoms with E-state index in [1.807, 2.05) is 23.5 Å². The second-order valence-corrected chi connectivity index (χ2v) is 9.46. The van der Waals surface area contributed by atoms with Crippen molar-refractivity contribution in [3.05, 3.63) is 27.1 Å². The predicted octanol–water partition coefficient (Wildman–Crippen LogP) is 5.78. The fourth-order valence-electron chi connectivity index (χ4n) is 2.03. The topological polar surface area (TPSA) is 48.4 Å². The zero-order valence-electron chi connectivity index (χ0n) is 11.8. The van der Waals surface area contributed by atoms with Crippen LogP contribution < -0.4 is 0 Å². The van der Waals surface area contributed by atoms with Crippen LogP contribution in [0.3, 0.4) is 0 Å². The molecule has 1 saturated heterocycles. The van der Waals surface area contributed by atoms with Crippen molar-refractivity contribution >= 4 is 45.1 Å². The van der Waals surface area contributed by atoms with Gasteiger partial charge in [0.05, 0.1) is 15.1 Å². The van der Waals surface area contributed by atoms with Crippen molar-refractivity contribution in [2.75, 3.05) is 11.5 Å². The Labute approximate surface area is 136 Å². The normalized spacial score (nSPS) is 23.4. The van der Waals surface area contributed by atoms with Gasteiger partial charge in [-0.3, -0.25) is 0 Å². The summed E-state index contributed by atoms with van der Waals surface area (Å²) >= 11 is 7.01. The third-order valence-corrected chi connectivity index (χ3v) is 7.29. The van der Waals surface area contributed by atoms with Crippen molar-refractivity contribution < 1.29 is 5.11 Å². The predicted molar refractivity (Wildman–Crippen MR) is 91.2 cm³/mol. The quantitative estimate of drug-likeness (QED) is 0.633. The SMILES string of the molecule is CC(C)(C)C1CSC(c2cc([N+]#N)cc(Br)c2O)SC1. The molecule has 1 aromatic rings. The maximum absolute atomic E-state index is 10.2. The summed E-state index contributed by atoms with van der Waals surface area (Å²) in [5.41, 5.74) is 1.61. The average Bonchev–Trinajstić information content (AvgIpc) is 2.41. The Kier molecular flexibility index (Phi) is 4.93. The number of rotatable bonds is 1. The van der Waals surface area contributed by atoms with Gasteiger partial charge in [-0.05, 0) is 38.8 Å². The molecule has 0 bridgehead atoms. The first-order valence-corrected chi connectivity index (χ1v) is 9.32. The number of hydrogen-bond acceptors (Lipinski definition) is 4. The van der Waals surface area contributed by atoms with Crippen LogP contribution >= 0.6 is 39.5 Å². The van der Waals surface area contributed by atoms with Crippen molar-refractivity contribution in [1.82, 2.24) is 0 Å². The van der Waals surface area contributed by atoms with Crippen LogP contribution in [0.15, 0.2) is 16.6 Å². The minimum absolute atomic E-state index is 0.187. The molecule has 0 saturated carbocycles. The van der Waals surface area contributed by atoms with Crippen LogP contribution in [-0.2, 0) is 0 Å². The highest BCUT2D eigenvalue weighted by Crippen LogP contribution is 2.52. The van der Waals surface area contributed by atoms with E-state index in [-0.39, 0.29) is 10.3 Å². The van der Waals surface area contributed by atoms with E-state index < -0.39 is 0 Å². The van der Waals surface area contributed by atoms with Gasteiger partial charge < -0.3 is 5.11 Å². The molecule has 1 N–H and O–H groups in total. The summed E-state index contributed by atoms with van der Waals surface area (Å²) < 4.78 is 0.758. The van der Waals surface area contributed by atoms with Crippen LogP contribution in [0, 0.1) is 16.7 Å². The third-order valence-electron chi connectivity index (χ3n) is 3.57. The molecule has 0 atom stereocenters. The van der Waals surface area contributed by atoms with Gasteiger partial charge in [0.1, 0.15) is 5.75 Å². The molecule has 3 nitrogen and oxygen atoms in total. The van der Waals surface area contributed by atoms with Gasteiger partial charge in [0.15, 0.2) is 4.98 Å². The van der Waals surface area contributed by atoms with Gasteiger partial charge in [-0.25, -0.2) is 0 Å². The zero-order valence-corrected chi connectivity index (χ0v) is 15.0. The van der Waals surface area contributed by atoms with Gasteiger partial charge in [-0.15, -0.1) is 23.5 Å². The second-order valence-electron chi connectivity index (χ2n) is 6.03. The monoisotopic (exact) mass is 373 g/mol. The van der Waals surface area contributed by atoms with Gasteiger partial charge >= 0.3 is 5.69 Å². The first-order chi connectivity index (χ1) is 9.32. The standard InChI is InChI=1S/C14H17BrN2OS2/c1-14(2,3)8-6-19-13(20-7-8)10-4-9(17-16)5-11(15)12(10)18/h4-5,8,13H,6-7H2,1-3H3/p+1. The fraction of sp³-hybridized carbons (Fsp3) is 0.571. The Morgan fingerprint density at radius 2 is 1.90 bits per heavy atom. The molecule has 0 aromatic heterocycles.